The summed E-state index contributed by atoms with van der Waals surface area (Å²) in [6.07, 6.45) is -8.83. The Kier molecular flexibility index (Phi) is 5.95. The van der Waals surface area contributed by atoms with Gasteiger partial charge in [-0.05, 0) is 30.4 Å². The number of H-pyrrole nitrogens is 1. The fraction of sp³-hybridized carbons (Fsp3) is 0.524. The summed E-state index contributed by atoms with van der Waals surface area (Å²) in [4.78, 5) is 16.1. The molecule has 1 amide bonds. The largest absolute Gasteiger partial charge is 0.416 e. The van der Waals surface area contributed by atoms with Crippen LogP contribution >= 0.6 is 0 Å². The van der Waals surface area contributed by atoms with E-state index in [0.29, 0.717) is 24.1 Å². The molecule has 1 saturated heterocycles. The third-order valence-electron chi connectivity index (χ3n) is 6.12. The number of nitrogens with one attached hydrogen (secondary N) is 1. The average molecular weight is 460 g/mol. The molecular formula is C21H22F6N4O. The molecule has 0 spiro atoms. The summed E-state index contributed by atoms with van der Waals surface area (Å²) in [5.74, 6) is -0.651. The monoisotopic (exact) mass is 460 g/mol. The normalized spacial score (nSPS) is 18.2. The van der Waals surface area contributed by atoms with Crippen LogP contribution in [-0.2, 0) is 19.3 Å². The molecule has 2 aromatic rings. The zero-order valence-corrected chi connectivity index (χ0v) is 17.1. The van der Waals surface area contributed by atoms with Crippen LogP contribution in [-0.4, -0.2) is 51.7 Å². The number of likely N-dealkylation sites (tertiary alicyclic amines) is 1. The van der Waals surface area contributed by atoms with Gasteiger partial charge in [-0.25, -0.2) is 0 Å². The first-order chi connectivity index (χ1) is 15.0. The highest BCUT2D eigenvalue weighted by molar-refractivity contribution is 5.94. The Labute approximate surface area is 180 Å². The summed E-state index contributed by atoms with van der Waals surface area (Å²) in [5, 5.41) is 6.81. The van der Waals surface area contributed by atoms with E-state index in [1.165, 1.54) is 12.1 Å². The van der Waals surface area contributed by atoms with Crippen LogP contribution < -0.4 is 0 Å². The number of hydrogen-bond donors (Lipinski definition) is 1. The molecule has 0 unspecified atom stereocenters. The Balaban J connectivity index is 1.39. The zero-order chi connectivity index (χ0) is 23.1. The predicted molar refractivity (Wildman–Crippen MR) is 103 cm³/mol. The molecule has 1 aromatic heterocycles. The lowest BCUT2D eigenvalue weighted by atomic mass is 9.86. The minimum Gasteiger partial charge on any atom is -0.337 e. The number of aromatic nitrogens is 2. The second-order valence-corrected chi connectivity index (χ2v) is 8.26. The molecule has 5 nitrogen and oxygen atoms in total. The van der Waals surface area contributed by atoms with E-state index in [4.69, 9.17) is 0 Å². The Morgan fingerprint density at radius 2 is 1.75 bits per heavy atom. The van der Waals surface area contributed by atoms with Crippen molar-refractivity contribution in [3.05, 3.63) is 52.3 Å². The second-order valence-electron chi connectivity index (χ2n) is 8.26. The molecule has 32 heavy (non-hydrogen) atoms. The van der Waals surface area contributed by atoms with Gasteiger partial charge in [0.1, 0.15) is 0 Å². The van der Waals surface area contributed by atoms with Gasteiger partial charge in [0.15, 0.2) is 5.69 Å². The van der Waals surface area contributed by atoms with Gasteiger partial charge >= 0.3 is 12.4 Å². The first-order valence-electron chi connectivity index (χ1n) is 10.3. The van der Waals surface area contributed by atoms with E-state index in [9.17, 15) is 31.1 Å². The molecule has 11 heteroatoms. The van der Waals surface area contributed by atoms with Crippen molar-refractivity contribution in [2.24, 2.45) is 0 Å². The van der Waals surface area contributed by atoms with Crippen LogP contribution in [0.25, 0.3) is 0 Å². The highest BCUT2D eigenvalue weighted by Gasteiger charge is 2.37. The van der Waals surface area contributed by atoms with E-state index >= 15 is 0 Å². The van der Waals surface area contributed by atoms with Gasteiger partial charge in [-0.3, -0.25) is 14.8 Å². The maximum atomic E-state index is 13.3. The SMILES string of the molecule is O=C(c1n[nH]c2c1CN(CCC(F)(F)F)C2)N1CCC(c2ccccc2C(F)(F)F)CC1. The van der Waals surface area contributed by atoms with E-state index in [2.05, 4.69) is 10.2 Å². The molecule has 0 bridgehead atoms. The number of benzene rings is 1. The number of rotatable bonds is 4. The molecule has 0 saturated carbocycles. The first-order valence-corrected chi connectivity index (χ1v) is 10.3. The highest BCUT2D eigenvalue weighted by Crippen LogP contribution is 2.39. The molecular weight excluding hydrogens is 438 g/mol. The smallest absolute Gasteiger partial charge is 0.337 e. The summed E-state index contributed by atoms with van der Waals surface area (Å²) >= 11 is 0. The number of piperidine rings is 1. The maximum absolute atomic E-state index is 13.3. The van der Waals surface area contributed by atoms with E-state index in [1.807, 2.05) is 0 Å². The fourth-order valence-corrected chi connectivity index (χ4v) is 4.48. The second kappa shape index (κ2) is 8.42. The van der Waals surface area contributed by atoms with E-state index in [-0.39, 0.29) is 55.8 Å². The number of carbonyl (C=O) groups is 1. The molecule has 1 fully saturated rings. The van der Waals surface area contributed by atoms with Gasteiger partial charge in [-0.15, -0.1) is 0 Å². The Bertz CT molecular complexity index is 975. The average Bonchev–Trinajstić information content (AvgIpc) is 3.31. The summed E-state index contributed by atoms with van der Waals surface area (Å²) in [7, 11) is 0. The molecule has 0 radical (unpaired) electrons. The van der Waals surface area contributed by atoms with Gasteiger partial charge in [0.2, 0.25) is 0 Å². The minimum atomic E-state index is -4.43. The molecule has 1 aromatic carbocycles. The van der Waals surface area contributed by atoms with Crippen molar-refractivity contribution < 1.29 is 31.1 Å². The predicted octanol–water partition coefficient (Wildman–Crippen LogP) is 4.72. The summed E-state index contributed by atoms with van der Waals surface area (Å²) in [6.45, 7) is 0.883. The standard InChI is InChI=1S/C21H22F6N4O/c22-20(23,24)7-10-30-11-15-17(12-30)28-29-18(15)19(32)31-8-5-13(6-9-31)14-3-1-2-4-16(14)21(25,26)27/h1-4,13H,5-12H2,(H,28,29). The lowest BCUT2D eigenvalue weighted by Gasteiger charge is -2.33. The van der Waals surface area contributed by atoms with Gasteiger partial charge in [-0.1, -0.05) is 18.2 Å². The Hall–Kier alpha value is -2.56. The van der Waals surface area contributed by atoms with Crippen molar-refractivity contribution >= 4 is 5.91 Å². The van der Waals surface area contributed by atoms with Crippen LogP contribution in [0.15, 0.2) is 24.3 Å². The fourth-order valence-electron chi connectivity index (χ4n) is 4.48. The van der Waals surface area contributed by atoms with Gasteiger partial charge in [0.05, 0.1) is 17.7 Å². The van der Waals surface area contributed by atoms with Crippen LogP contribution in [0.1, 0.15) is 58.1 Å². The number of amides is 1. The summed E-state index contributed by atoms with van der Waals surface area (Å²) in [6, 6.07) is 5.51. The van der Waals surface area contributed by atoms with Crippen molar-refractivity contribution in [3.63, 3.8) is 0 Å². The van der Waals surface area contributed by atoms with Gasteiger partial charge in [-0.2, -0.15) is 31.4 Å². The van der Waals surface area contributed by atoms with Crippen LogP contribution in [0.5, 0.6) is 0 Å². The van der Waals surface area contributed by atoms with Crippen LogP contribution in [0.4, 0.5) is 26.3 Å². The zero-order valence-electron chi connectivity index (χ0n) is 17.1. The number of halogens is 6. The molecule has 0 aliphatic carbocycles. The van der Waals surface area contributed by atoms with Crippen LogP contribution in [0.3, 0.4) is 0 Å². The number of aromatic amines is 1. The highest BCUT2D eigenvalue weighted by atomic mass is 19.4. The lowest BCUT2D eigenvalue weighted by molar-refractivity contribution is -0.139. The maximum Gasteiger partial charge on any atom is 0.416 e. The number of alkyl halides is 6. The third kappa shape index (κ3) is 4.77. The van der Waals surface area contributed by atoms with Crippen molar-refractivity contribution in [2.45, 2.75) is 50.6 Å². The Morgan fingerprint density at radius 1 is 1.06 bits per heavy atom. The Morgan fingerprint density at radius 3 is 2.41 bits per heavy atom. The van der Waals surface area contributed by atoms with Gasteiger partial charge in [0, 0.05) is 38.3 Å². The molecule has 2 aliphatic rings. The van der Waals surface area contributed by atoms with E-state index < -0.39 is 24.3 Å². The number of hydrogen-bond acceptors (Lipinski definition) is 3. The number of fused-ring (bicyclic) bond motifs is 1. The molecule has 174 valence electrons. The van der Waals surface area contributed by atoms with Crippen molar-refractivity contribution in [1.82, 2.24) is 20.0 Å². The third-order valence-corrected chi connectivity index (χ3v) is 6.12. The number of nitrogens with zero attached hydrogens (tertiary/aromatic N) is 3. The van der Waals surface area contributed by atoms with E-state index in [1.54, 1.807) is 15.9 Å². The number of carbonyl (C=O) groups excluding carboxylic acids is 1. The van der Waals surface area contributed by atoms with Crippen molar-refractivity contribution in [1.29, 1.82) is 0 Å². The molecule has 1 N–H and O–H groups in total. The first kappa shape index (κ1) is 22.6. The van der Waals surface area contributed by atoms with Crippen molar-refractivity contribution in [2.75, 3.05) is 19.6 Å². The molecule has 0 atom stereocenters. The van der Waals surface area contributed by atoms with Crippen molar-refractivity contribution in [3.8, 4) is 0 Å². The molecule has 4 rings (SSSR count). The van der Waals surface area contributed by atoms with E-state index in [0.717, 1.165) is 6.07 Å². The summed E-state index contributed by atoms with van der Waals surface area (Å²) in [5.41, 5.74) is 1.01. The van der Waals surface area contributed by atoms with Crippen LogP contribution in [0, 0.1) is 0 Å². The molecule has 3 heterocycles. The molecule has 2 aliphatic heterocycles. The topological polar surface area (TPSA) is 52.2 Å². The van der Waals surface area contributed by atoms with Gasteiger partial charge in [0.25, 0.3) is 5.91 Å². The quantitative estimate of drug-likeness (QED) is 0.673. The summed E-state index contributed by atoms with van der Waals surface area (Å²) < 4.78 is 77.5. The van der Waals surface area contributed by atoms with Gasteiger partial charge < -0.3 is 4.90 Å². The minimum absolute atomic E-state index is 0.163. The van der Waals surface area contributed by atoms with Crippen LogP contribution in [0.2, 0.25) is 0 Å². The lowest BCUT2D eigenvalue weighted by Crippen LogP contribution is -2.39.